The molecule has 40 heavy (non-hydrogen) atoms. The molecule has 0 fully saturated rings. The van der Waals surface area contributed by atoms with E-state index in [0.717, 1.165) is 5.56 Å². The van der Waals surface area contributed by atoms with Gasteiger partial charge in [-0.05, 0) is 24.6 Å². The predicted octanol–water partition coefficient (Wildman–Crippen LogP) is 4.83. The number of carbonyl (C=O) groups is 3. The highest BCUT2D eigenvalue weighted by atomic mass is 79.9. The van der Waals surface area contributed by atoms with Crippen LogP contribution >= 0.6 is 15.9 Å². The van der Waals surface area contributed by atoms with Crippen molar-refractivity contribution in [3.8, 4) is 23.0 Å². The van der Waals surface area contributed by atoms with Crippen LogP contribution in [0.1, 0.15) is 44.9 Å². The first-order valence-electron chi connectivity index (χ1n) is 12.3. The average Bonchev–Trinajstić information content (AvgIpc) is 3.63. The van der Waals surface area contributed by atoms with E-state index in [2.05, 4.69) is 25.9 Å². The van der Waals surface area contributed by atoms with Gasteiger partial charge in [-0.25, -0.2) is 4.79 Å². The maximum atomic E-state index is 14.1. The number of alkyl halides is 1. The molecule has 12 heteroatoms. The van der Waals surface area contributed by atoms with Crippen LogP contribution < -0.4 is 23.8 Å². The van der Waals surface area contributed by atoms with Crippen molar-refractivity contribution < 1.29 is 38.1 Å². The fourth-order valence-corrected chi connectivity index (χ4v) is 5.97. The molecule has 0 bridgehead atoms. The highest BCUT2D eigenvalue weighted by Gasteiger charge is 2.38. The number of amides is 1. The van der Waals surface area contributed by atoms with Crippen LogP contribution in [-0.4, -0.2) is 68.1 Å². The van der Waals surface area contributed by atoms with Gasteiger partial charge < -0.3 is 38.6 Å². The van der Waals surface area contributed by atoms with Gasteiger partial charge in [-0.2, -0.15) is 0 Å². The van der Waals surface area contributed by atoms with E-state index in [9.17, 15) is 14.4 Å². The van der Waals surface area contributed by atoms with Gasteiger partial charge in [0.2, 0.25) is 5.75 Å². The molecule has 1 aliphatic rings. The van der Waals surface area contributed by atoms with Crippen LogP contribution in [0.5, 0.6) is 23.0 Å². The molecule has 0 radical (unpaired) electrons. The van der Waals surface area contributed by atoms with Gasteiger partial charge in [0.25, 0.3) is 5.91 Å². The average molecular weight is 614 g/mol. The molecule has 11 nitrogen and oxygen atoms in total. The van der Waals surface area contributed by atoms with Crippen molar-refractivity contribution in [2.45, 2.75) is 19.8 Å². The van der Waals surface area contributed by atoms with E-state index in [-0.39, 0.29) is 17.6 Å². The lowest BCUT2D eigenvalue weighted by atomic mass is 9.95. The summed E-state index contributed by atoms with van der Waals surface area (Å²) in [6.45, 7) is 3.36. The normalized spacial score (nSPS) is 14.4. The predicted molar refractivity (Wildman–Crippen MR) is 152 cm³/mol. The van der Waals surface area contributed by atoms with Crippen LogP contribution in [0.25, 0.3) is 21.8 Å². The zero-order chi connectivity index (χ0) is 28.9. The molecule has 0 saturated carbocycles. The van der Waals surface area contributed by atoms with E-state index in [0.29, 0.717) is 73.6 Å². The van der Waals surface area contributed by atoms with E-state index in [1.807, 2.05) is 0 Å². The van der Waals surface area contributed by atoms with Gasteiger partial charge in [-0.3, -0.25) is 9.59 Å². The van der Waals surface area contributed by atoms with Gasteiger partial charge >= 0.3 is 11.9 Å². The lowest BCUT2D eigenvalue weighted by Crippen LogP contribution is -2.30. The fourth-order valence-electron chi connectivity index (χ4n) is 5.44. The van der Waals surface area contributed by atoms with E-state index >= 15 is 0 Å². The van der Waals surface area contributed by atoms with Crippen molar-refractivity contribution in [2.75, 3.05) is 45.2 Å². The zero-order valence-electron chi connectivity index (χ0n) is 22.8. The lowest BCUT2D eigenvalue weighted by molar-refractivity contribution is -0.131. The van der Waals surface area contributed by atoms with Gasteiger partial charge in [-0.1, -0.05) is 15.9 Å². The maximum Gasteiger partial charge on any atom is 0.340 e. The number of fused-ring (bicyclic) bond motifs is 4. The fraction of sp³-hybridized carbons (Fsp3) is 0.321. The number of esters is 2. The third kappa shape index (κ3) is 4.14. The van der Waals surface area contributed by atoms with Crippen molar-refractivity contribution in [3.63, 3.8) is 0 Å². The molecule has 2 aromatic heterocycles. The van der Waals surface area contributed by atoms with Crippen LogP contribution in [0.3, 0.4) is 0 Å². The molecule has 2 N–H and O–H groups in total. The van der Waals surface area contributed by atoms with Crippen LogP contribution in [0.4, 0.5) is 5.69 Å². The van der Waals surface area contributed by atoms with E-state index in [1.165, 1.54) is 35.4 Å². The van der Waals surface area contributed by atoms with Crippen LogP contribution in [0.15, 0.2) is 18.2 Å². The van der Waals surface area contributed by atoms with Gasteiger partial charge in [0.1, 0.15) is 5.69 Å². The number of hydrogen-bond donors (Lipinski definition) is 2. The Morgan fingerprint density at radius 1 is 0.975 bits per heavy atom. The highest BCUT2D eigenvalue weighted by molar-refractivity contribution is 9.09. The van der Waals surface area contributed by atoms with Crippen LogP contribution in [0.2, 0.25) is 0 Å². The summed E-state index contributed by atoms with van der Waals surface area (Å²) in [7, 11) is 5.85. The summed E-state index contributed by atoms with van der Waals surface area (Å²) < 4.78 is 27.1. The molecule has 1 amide bonds. The minimum Gasteiger partial charge on any atom is -0.493 e. The largest absolute Gasteiger partial charge is 0.493 e. The second kappa shape index (κ2) is 10.4. The first-order valence-corrected chi connectivity index (χ1v) is 13.5. The highest BCUT2D eigenvalue weighted by Crippen LogP contribution is 2.48. The Labute approximate surface area is 237 Å². The second-order valence-electron chi connectivity index (χ2n) is 9.33. The number of nitrogens with one attached hydrogen (secondary N) is 2. The summed E-state index contributed by atoms with van der Waals surface area (Å²) in [4.78, 5) is 46.9. The molecule has 4 aromatic rings. The number of carbonyl (C=O) groups excluding carboxylic acids is 3. The number of methoxy groups -OCH3 is 4. The molecule has 5 rings (SSSR count). The monoisotopic (exact) mass is 613 g/mol. The summed E-state index contributed by atoms with van der Waals surface area (Å²) >= 11 is 3.59. The summed E-state index contributed by atoms with van der Waals surface area (Å²) in [6, 6.07) is 5.14. The number of benzene rings is 2. The number of rotatable bonds is 7. The van der Waals surface area contributed by atoms with Crippen LogP contribution in [0, 0.1) is 6.92 Å². The van der Waals surface area contributed by atoms with Crippen LogP contribution in [-0.2, 0) is 9.53 Å². The molecular formula is C28H28BrN3O8. The summed E-state index contributed by atoms with van der Waals surface area (Å²) in [5.74, 6) is -0.0773. The molecule has 3 heterocycles. The minimum absolute atomic E-state index is 0.162. The Morgan fingerprint density at radius 2 is 1.70 bits per heavy atom. The van der Waals surface area contributed by atoms with E-state index in [4.69, 9.17) is 23.7 Å². The SMILES string of the molecule is COC(=O)c1c(C)[nH]c2c(OC(C)=O)cc3c(c12)[C@H](CBr)CN3C(=O)c1cc2cc(OC)c(OC)c(OC)c2[nH]1. The molecule has 0 spiro atoms. The number of nitrogens with zero attached hydrogens (tertiary/aromatic N) is 1. The Balaban J connectivity index is 1.72. The molecule has 2 aromatic carbocycles. The van der Waals surface area contributed by atoms with Crippen molar-refractivity contribution in [3.05, 3.63) is 40.7 Å². The number of aromatic amines is 2. The van der Waals surface area contributed by atoms with Crippen molar-refractivity contribution in [1.82, 2.24) is 9.97 Å². The summed E-state index contributed by atoms with van der Waals surface area (Å²) in [5, 5.41) is 1.77. The van der Waals surface area contributed by atoms with Crippen molar-refractivity contribution in [1.29, 1.82) is 0 Å². The Bertz CT molecular complexity index is 1690. The standard InChI is InChI=1S/C28H28BrN3O8/c1-12-20(28(35)39-6)22-21-15(10-29)11-32(17(21)9-18(24(22)30-12)40-13(2)33)27(34)16-7-14-8-19(36-3)25(37-4)26(38-5)23(14)31-16/h7-9,15,30-31H,10-11H2,1-6H3/t15-/m1/s1. The minimum atomic E-state index is -0.536. The smallest absolute Gasteiger partial charge is 0.340 e. The molecule has 0 aliphatic carbocycles. The number of hydrogen-bond acceptors (Lipinski definition) is 8. The maximum absolute atomic E-state index is 14.1. The number of ether oxygens (including phenoxy) is 5. The topological polar surface area (TPSA) is 132 Å². The molecule has 1 atom stereocenters. The first-order chi connectivity index (χ1) is 19.2. The zero-order valence-corrected chi connectivity index (χ0v) is 24.4. The third-order valence-electron chi connectivity index (χ3n) is 7.07. The van der Waals surface area contributed by atoms with Gasteiger partial charge in [0, 0.05) is 47.2 Å². The number of aryl methyl sites for hydroxylation is 1. The second-order valence-corrected chi connectivity index (χ2v) is 9.97. The summed E-state index contributed by atoms with van der Waals surface area (Å²) in [5.41, 5.74) is 3.56. The van der Waals surface area contributed by atoms with E-state index < -0.39 is 11.9 Å². The first kappa shape index (κ1) is 27.4. The molecule has 1 aliphatic heterocycles. The Hall–Kier alpha value is -4.19. The molecule has 0 unspecified atom stereocenters. The van der Waals surface area contributed by atoms with E-state index in [1.54, 1.807) is 30.0 Å². The Kier molecular flexibility index (Phi) is 7.13. The number of H-pyrrole nitrogens is 2. The van der Waals surface area contributed by atoms with Gasteiger partial charge in [-0.15, -0.1) is 0 Å². The van der Waals surface area contributed by atoms with Gasteiger partial charge in [0.05, 0.1) is 50.7 Å². The summed E-state index contributed by atoms with van der Waals surface area (Å²) in [6.07, 6.45) is 0. The molecule has 210 valence electrons. The molecular weight excluding hydrogens is 586 g/mol. The third-order valence-corrected chi connectivity index (χ3v) is 7.86. The number of halogens is 1. The number of anilines is 1. The van der Waals surface area contributed by atoms with Crippen molar-refractivity contribution >= 4 is 61.3 Å². The molecule has 0 saturated heterocycles. The Morgan fingerprint density at radius 3 is 2.30 bits per heavy atom. The van der Waals surface area contributed by atoms with Crippen molar-refractivity contribution in [2.24, 2.45) is 0 Å². The number of aromatic nitrogens is 2. The lowest BCUT2D eigenvalue weighted by Gasteiger charge is -2.18. The van der Waals surface area contributed by atoms with Gasteiger partial charge in [0.15, 0.2) is 17.2 Å². The quantitative estimate of drug-likeness (QED) is 0.172.